The molecule has 2 heterocycles. The van der Waals surface area contributed by atoms with Gasteiger partial charge in [0.05, 0.1) is 23.0 Å². The molecule has 2 aromatic rings. The van der Waals surface area contributed by atoms with E-state index in [1.807, 2.05) is 0 Å². The number of aromatic hydroxyl groups is 1. The Bertz CT molecular complexity index is 757. The van der Waals surface area contributed by atoms with Gasteiger partial charge in [0, 0.05) is 29.8 Å². The molecular formula is C13H12N4O5. The van der Waals surface area contributed by atoms with Crippen molar-refractivity contribution < 1.29 is 19.9 Å². The van der Waals surface area contributed by atoms with Gasteiger partial charge in [-0.05, 0) is 6.07 Å². The number of fused-ring (bicyclic) bond motifs is 1. The van der Waals surface area contributed by atoms with E-state index in [2.05, 4.69) is 15.3 Å². The molecule has 4 N–H and O–H groups in total. The Balaban J connectivity index is 2.09. The van der Waals surface area contributed by atoms with Gasteiger partial charge < -0.3 is 15.2 Å². The van der Waals surface area contributed by atoms with Crippen LogP contribution in [0.3, 0.4) is 0 Å². The third kappa shape index (κ3) is 2.27. The molecule has 114 valence electrons. The molecule has 0 radical (unpaired) electrons. The van der Waals surface area contributed by atoms with Gasteiger partial charge >= 0.3 is 5.97 Å². The second-order valence-electron chi connectivity index (χ2n) is 4.96. The lowest BCUT2D eigenvalue weighted by Crippen LogP contribution is -2.45. The monoisotopic (exact) mass is 304 g/mol. The molecule has 0 bridgehead atoms. The van der Waals surface area contributed by atoms with Crippen LogP contribution in [-0.2, 0) is 11.2 Å². The van der Waals surface area contributed by atoms with Crippen molar-refractivity contribution in [1.29, 1.82) is 0 Å². The van der Waals surface area contributed by atoms with Crippen molar-refractivity contribution in [3.63, 3.8) is 0 Å². The standard InChI is InChI=1S/C13H12N4O5/c18-10-2-1-6(17(21)22)3-7(10)11-12-8(14-5-15-12)4-9(16-11)13(19)20/h1-3,5,9,11,16,18H,4H2,(H,14,15)(H,19,20)/t9-,11-/m0/s1. The van der Waals surface area contributed by atoms with Gasteiger partial charge in [-0.25, -0.2) is 4.98 Å². The molecule has 1 aromatic carbocycles. The predicted octanol–water partition coefficient (Wildman–Crippen LogP) is 0.712. The van der Waals surface area contributed by atoms with Gasteiger partial charge in [-0.15, -0.1) is 0 Å². The predicted molar refractivity (Wildman–Crippen MR) is 73.5 cm³/mol. The number of aromatic amines is 1. The summed E-state index contributed by atoms with van der Waals surface area (Å²) in [6.07, 6.45) is 1.65. The average molecular weight is 304 g/mol. The average Bonchev–Trinajstić information content (AvgIpc) is 2.94. The van der Waals surface area contributed by atoms with Crippen LogP contribution in [-0.4, -0.2) is 37.1 Å². The topological polar surface area (TPSA) is 141 Å². The number of imidazole rings is 1. The van der Waals surface area contributed by atoms with E-state index in [4.69, 9.17) is 0 Å². The van der Waals surface area contributed by atoms with Crippen molar-refractivity contribution in [3.05, 3.63) is 51.6 Å². The fourth-order valence-electron chi connectivity index (χ4n) is 2.57. The summed E-state index contributed by atoms with van der Waals surface area (Å²) in [4.78, 5) is 28.6. The Morgan fingerprint density at radius 2 is 2.23 bits per heavy atom. The Morgan fingerprint density at radius 3 is 2.91 bits per heavy atom. The number of hydrogen-bond acceptors (Lipinski definition) is 6. The number of hydrogen-bond donors (Lipinski definition) is 4. The lowest BCUT2D eigenvalue weighted by Gasteiger charge is -2.28. The Morgan fingerprint density at radius 1 is 1.45 bits per heavy atom. The zero-order valence-electron chi connectivity index (χ0n) is 11.2. The maximum atomic E-state index is 11.3. The van der Waals surface area contributed by atoms with Crippen molar-refractivity contribution in [2.45, 2.75) is 18.5 Å². The molecule has 0 unspecified atom stereocenters. The summed E-state index contributed by atoms with van der Waals surface area (Å²) < 4.78 is 0. The van der Waals surface area contributed by atoms with Gasteiger partial charge in [-0.3, -0.25) is 20.2 Å². The number of H-pyrrole nitrogens is 1. The number of phenols is 1. The van der Waals surface area contributed by atoms with Gasteiger partial charge in [0.25, 0.3) is 5.69 Å². The summed E-state index contributed by atoms with van der Waals surface area (Å²) in [6.45, 7) is 0. The molecule has 1 aromatic heterocycles. The number of non-ortho nitro benzene ring substituents is 1. The number of phenolic OH excluding ortho intramolecular Hbond substituents is 1. The molecule has 1 aliphatic heterocycles. The van der Waals surface area contributed by atoms with Gasteiger partial charge in [0.1, 0.15) is 11.8 Å². The van der Waals surface area contributed by atoms with Crippen molar-refractivity contribution >= 4 is 11.7 Å². The van der Waals surface area contributed by atoms with E-state index in [1.54, 1.807) is 0 Å². The third-order valence-electron chi connectivity index (χ3n) is 3.63. The third-order valence-corrected chi connectivity index (χ3v) is 3.63. The molecule has 0 fully saturated rings. The van der Waals surface area contributed by atoms with E-state index in [1.165, 1.54) is 24.5 Å². The number of nitro benzene ring substituents is 1. The minimum absolute atomic E-state index is 0.164. The molecule has 0 aliphatic carbocycles. The molecule has 22 heavy (non-hydrogen) atoms. The van der Waals surface area contributed by atoms with Crippen LogP contribution in [0.2, 0.25) is 0 Å². The van der Waals surface area contributed by atoms with E-state index >= 15 is 0 Å². The molecule has 3 rings (SSSR count). The molecule has 2 atom stereocenters. The number of aromatic nitrogens is 2. The van der Waals surface area contributed by atoms with Crippen LogP contribution < -0.4 is 5.32 Å². The van der Waals surface area contributed by atoms with Crippen LogP contribution >= 0.6 is 0 Å². The number of nitrogens with zero attached hydrogens (tertiary/aromatic N) is 2. The fraction of sp³-hybridized carbons (Fsp3) is 0.231. The van der Waals surface area contributed by atoms with E-state index < -0.39 is 23.0 Å². The molecule has 0 spiro atoms. The Kier molecular flexibility index (Phi) is 3.26. The molecular weight excluding hydrogens is 292 g/mol. The van der Waals surface area contributed by atoms with Crippen molar-refractivity contribution in [2.75, 3.05) is 0 Å². The Labute approximate surface area is 123 Å². The zero-order chi connectivity index (χ0) is 15.9. The number of aliphatic carboxylic acids is 1. The van der Waals surface area contributed by atoms with E-state index in [0.717, 1.165) is 0 Å². The summed E-state index contributed by atoms with van der Waals surface area (Å²) in [7, 11) is 0. The highest BCUT2D eigenvalue weighted by Gasteiger charge is 2.34. The number of carboxylic acids is 1. The van der Waals surface area contributed by atoms with Crippen molar-refractivity contribution in [1.82, 2.24) is 15.3 Å². The zero-order valence-corrected chi connectivity index (χ0v) is 11.2. The van der Waals surface area contributed by atoms with Gasteiger partial charge in [0.15, 0.2) is 0 Å². The van der Waals surface area contributed by atoms with Crippen LogP contribution in [0.25, 0.3) is 0 Å². The molecule has 9 nitrogen and oxygen atoms in total. The molecule has 9 heteroatoms. The van der Waals surface area contributed by atoms with Crippen LogP contribution in [0.1, 0.15) is 23.0 Å². The maximum absolute atomic E-state index is 11.3. The molecule has 0 amide bonds. The minimum Gasteiger partial charge on any atom is -0.508 e. The van der Waals surface area contributed by atoms with Crippen molar-refractivity contribution in [3.8, 4) is 5.75 Å². The maximum Gasteiger partial charge on any atom is 0.321 e. The summed E-state index contributed by atoms with van der Waals surface area (Å²) in [6, 6.07) is 2.00. The number of rotatable bonds is 3. The molecule has 0 saturated heterocycles. The normalized spacial score (nSPS) is 20.4. The highest BCUT2D eigenvalue weighted by molar-refractivity contribution is 5.74. The van der Waals surface area contributed by atoms with Gasteiger partial charge in [-0.1, -0.05) is 0 Å². The number of carboxylic acid groups (broad SMARTS) is 1. The summed E-state index contributed by atoms with van der Waals surface area (Å²) >= 11 is 0. The van der Waals surface area contributed by atoms with E-state index in [9.17, 15) is 25.1 Å². The van der Waals surface area contributed by atoms with Crippen LogP contribution in [0.15, 0.2) is 24.5 Å². The lowest BCUT2D eigenvalue weighted by atomic mass is 9.93. The number of nitro groups is 1. The molecule has 1 aliphatic rings. The first-order valence-corrected chi connectivity index (χ1v) is 6.45. The van der Waals surface area contributed by atoms with Crippen LogP contribution in [0, 0.1) is 10.1 Å². The van der Waals surface area contributed by atoms with Crippen molar-refractivity contribution in [2.24, 2.45) is 0 Å². The summed E-state index contributed by atoms with van der Waals surface area (Å²) in [5, 5.41) is 33.0. The van der Waals surface area contributed by atoms with Crippen LogP contribution in [0.5, 0.6) is 5.75 Å². The van der Waals surface area contributed by atoms with Crippen LogP contribution in [0.4, 0.5) is 5.69 Å². The Hall–Kier alpha value is -2.94. The fourth-order valence-corrected chi connectivity index (χ4v) is 2.57. The van der Waals surface area contributed by atoms with Gasteiger partial charge in [0.2, 0.25) is 0 Å². The number of nitrogens with one attached hydrogen (secondary N) is 2. The van der Waals surface area contributed by atoms with Gasteiger partial charge in [-0.2, -0.15) is 0 Å². The summed E-state index contributed by atoms with van der Waals surface area (Å²) in [5.74, 6) is -1.21. The first kappa shape index (κ1) is 14.0. The smallest absolute Gasteiger partial charge is 0.321 e. The SMILES string of the molecule is O=C(O)[C@@H]1Cc2[nH]cnc2[C@H](c2cc([N+](=O)[O-])ccc2O)N1. The second kappa shape index (κ2) is 5.11. The molecule has 0 saturated carbocycles. The van der Waals surface area contributed by atoms with E-state index in [-0.39, 0.29) is 23.4 Å². The highest BCUT2D eigenvalue weighted by Crippen LogP contribution is 2.35. The largest absolute Gasteiger partial charge is 0.508 e. The first-order valence-electron chi connectivity index (χ1n) is 6.45. The lowest BCUT2D eigenvalue weighted by molar-refractivity contribution is -0.385. The first-order chi connectivity index (χ1) is 10.5. The quantitative estimate of drug-likeness (QED) is 0.483. The number of carbonyl (C=O) groups is 1. The second-order valence-corrected chi connectivity index (χ2v) is 4.96. The summed E-state index contributed by atoms with van der Waals surface area (Å²) in [5.41, 5.74) is 1.17. The highest BCUT2D eigenvalue weighted by atomic mass is 16.6. The number of benzene rings is 1. The minimum atomic E-state index is -1.05. The van der Waals surface area contributed by atoms with E-state index in [0.29, 0.717) is 11.4 Å².